The highest BCUT2D eigenvalue weighted by molar-refractivity contribution is 9.10. The lowest BCUT2D eigenvalue weighted by atomic mass is 10.2. The fourth-order valence-electron chi connectivity index (χ4n) is 1.70. The molecule has 0 radical (unpaired) electrons. The van der Waals surface area contributed by atoms with Crippen LogP contribution in [0, 0.1) is 13.8 Å². The number of carbonyl (C=O) groups is 1. The lowest BCUT2D eigenvalue weighted by molar-refractivity contribution is 0.112. The molecule has 0 fully saturated rings. The van der Waals surface area contributed by atoms with Crippen molar-refractivity contribution in [2.75, 3.05) is 0 Å². The van der Waals surface area contributed by atoms with Gasteiger partial charge in [0.15, 0.2) is 6.29 Å². The van der Waals surface area contributed by atoms with E-state index in [9.17, 15) is 4.79 Å². The summed E-state index contributed by atoms with van der Waals surface area (Å²) in [7, 11) is 1.75. The van der Waals surface area contributed by atoms with Gasteiger partial charge in [-0.3, -0.25) is 4.79 Å². The van der Waals surface area contributed by atoms with Gasteiger partial charge in [-0.15, -0.1) is 0 Å². The van der Waals surface area contributed by atoms with Gasteiger partial charge in [-0.2, -0.15) is 5.10 Å². The first kappa shape index (κ1) is 12.8. The van der Waals surface area contributed by atoms with E-state index in [1.54, 1.807) is 18.7 Å². The molecular formula is C13H13BrN2O2. The third-order valence-electron chi connectivity index (χ3n) is 2.63. The maximum absolute atomic E-state index is 11.0. The van der Waals surface area contributed by atoms with Crippen LogP contribution in [0.1, 0.15) is 21.6 Å². The predicted octanol–water partition coefficient (Wildman–Crippen LogP) is 3.40. The van der Waals surface area contributed by atoms with E-state index in [0.29, 0.717) is 22.9 Å². The molecule has 0 saturated heterocycles. The summed E-state index contributed by atoms with van der Waals surface area (Å²) in [6.45, 7) is 3.78. The van der Waals surface area contributed by atoms with Crippen LogP contribution in [0.2, 0.25) is 0 Å². The van der Waals surface area contributed by atoms with Crippen molar-refractivity contribution in [2.45, 2.75) is 13.8 Å². The molecular weight excluding hydrogens is 296 g/mol. The molecule has 0 saturated carbocycles. The summed E-state index contributed by atoms with van der Waals surface area (Å²) in [6, 6.07) is 5.76. The molecule has 1 heterocycles. The largest absolute Gasteiger partial charge is 0.437 e. The van der Waals surface area contributed by atoms with E-state index in [0.717, 1.165) is 16.3 Å². The van der Waals surface area contributed by atoms with E-state index in [2.05, 4.69) is 21.0 Å². The molecule has 0 atom stereocenters. The maximum Gasteiger partial charge on any atom is 0.228 e. The standard InChI is InChI=1S/C13H13BrN2O2/c1-8-4-5-12(11(14)6-8)18-13-10(7-17)9(2)15-16(13)3/h4-7H,1-3H3. The van der Waals surface area contributed by atoms with Crippen LogP contribution in [0.3, 0.4) is 0 Å². The minimum absolute atomic E-state index is 0.451. The monoisotopic (exact) mass is 308 g/mol. The van der Waals surface area contributed by atoms with Crippen molar-refractivity contribution in [2.24, 2.45) is 7.05 Å². The van der Waals surface area contributed by atoms with Gasteiger partial charge in [0, 0.05) is 7.05 Å². The Labute approximate surface area is 114 Å². The predicted molar refractivity (Wildman–Crippen MR) is 72.3 cm³/mol. The zero-order chi connectivity index (χ0) is 13.3. The number of aldehydes is 1. The van der Waals surface area contributed by atoms with Crippen LogP contribution in [-0.2, 0) is 7.05 Å². The number of halogens is 1. The Morgan fingerprint density at radius 3 is 2.72 bits per heavy atom. The average molecular weight is 309 g/mol. The molecule has 0 aliphatic carbocycles. The molecule has 0 aliphatic heterocycles. The lowest BCUT2D eigenvalue weighted by Crippen LogP contribution is -1.97. The van der Waals surface area contributed by atoms with Gasteiger partial charge in [0.25, 0.3) is 0 Å². The minimum atomic E-state index is 0.451. The third-order valence-corrected chi connectivity index (χ3v) is 3.25. The van der Waals surface area contributed by atoms with Crippen LogP contribution in [0.4, 0.5) is 0 Å². The van der Waals surface area contributed by atoms with E-state index in [-0.39, 0.29) is 0 Å². The van der Waals surface area contributed by atoms with Crippen LogP contribution >= 0.6 is 15.9 Å². The number of aryl methyl sites for hydroxylation is 3. The fraction of sp³-hybridized carbons (Fsp3) is 0.231. The highest BCUT2D eigenvalue weighted by Gasteiger charge is 2.15. The van der Waals surface area contributed by atoms with E-state index in [1.165, 1.54) is 0 Å². The van der Waals surface area contributed by atoms with Gasteiger partial charge in [0.1, 0.15) is 5.75 Å². The van der Waals surface area contributed by atoms with Gasteiger partial charge in [-0.05, 0) is 47.5 Å². The maximum atomic E-state index is 11.0. The summed E-state index contributed by atoms with van der Waals surface area (Å²) in [5.41, 5.74) is 2.27. The highest BCUT2D eigenvalue weighted by Crippen LogP contribution is 2.32. The molecule has 1 aromatic heterocycles. The van der Waals surface area contributed by atoms with Gasteiger partial charge < -0.3 is 4.74 Å². The van der Waals surface area contributed by atoms with Crippen molar-refractivity contribution in [1.82, 2.24) is 9.78 Å². The lowest BCUT2D eigenvalue weighted by Gasteiger charge is -2.08. The summed E-state index contributed by atoms with van der Waals surface area (Å²) in [4.78, 5) is 11.0. The molecule has 5 heteroatoms. The Morgan fingerprint density at radius 2 is 2.11 bits per heavy atom. The van der Waals surface area contributed by atoms with Crippen molar-refractivity contribution in [1.29, 1.82) is 0 Å². The number of benzene rings is 1. The van der Waals surface area contributed by atoms with Crippen molar-refractivity contribution < 1.29 is 9.53 Å². The van der Waals surface area contributed by atoms with Gasteiger partial charge in [0.05, 0.1) is 15.7 Å². The number of aromatic nitrogens is 2. The van der Waals surface area contributed by atoms with Crippen molar-refractivity contribution in [3.63, 3.8) is 0 Å². The second kappa shape index (κ2) is 4.94. The molecule has 2 rings (SSSR count). The molecule has 0 amide bonds. The van der Waals surface area contributed by atoms with Gasteiger partial charge >= 0.3 is 0 Å². The molecule has 0 unspecified atom stereocenters. The smallest absolute Gasteiger partial charge is 0.228 e. The number of ether oxygens (including phenoxy) is 1. The second-order valence-corrected chi connectivity index (χ2v) is 4.94. The number of hydrogen-bond acceptors (Lipinski definition) is 3. The number of rotatable bonds is 3. The Bertz CT molecular complexity index is 605. The summed E-state index contributed by atoms with van der Waals surface area (Å²) in [6.07, 6.45) is 0.764. The highest BCUT2D eigenvalue weighted by atomic mass is 79.9. The third kappa shape index (κ3) is 2.31. The molecule has 0 bridgehead atoms. The van der Waals surface area contributed by atoms with Crippen molar-refractivity contribution in [3.05, 3.63) is 39.5 Å². The first-order chi connectivity index (χ1) is 8.52. The van der Waals surface area contributed by atoms with Crippen LogP contribution in [0.25, 0.3) is 0 Å². The van der Waals surface area contributed by atoms with Crippen LogP contribution in [0.15, 0.2) is 22.7 Å². The first-order valence-electron chi connectivity index (χ1n) is 5.45. The molecule has 2 aromatic rings. The molecule has 0 N–H and O–H groups in total. The Balaban J connectivity index is 2.42. The topological polar surface area (TPSA) is 44.1 Å². The van der Waals surface area contributed by atoms with E-state index < -0.39 is 0 Å². The van der Waals surface area contributed by atoms with Crippen LogP contribution in [0.5, 0.6) is 11.6 Å². The van der Waals surface area contributed by atoms with Crippen LogP contribution in [-0.4, -0.2) is 16.1 Å². The molecule has 0 spiro atoms. The van der Waals surface area contributed by atoms with Gasteiger partial charge in [0.2, 0.25) is 5.88 Å². The number of hydrogen-bond donors (Lipinski definition) is 0. The number of carbonyl (C=O) groups excluding carboxylic acids is 1. The Morgan fingerprint density at radius 1 is 1.39 bits per heavy atom. The quantitative estimate of drug-likeness (QED) is 0.816. The van der Waals surface area contributed by atoms with E-state index >= 15 is 0 Å². The second-order valence-electron chi connectivity index (χ2n) is 4.08. The first-order valence-corrected chi connectivity index (χ1v) is 6.25. The number of nitrogens with zero attached hydrogens (tertiary/aromatic N) is 2. The van der Waals surface area contributed by atoms with E-state index in [1.807, 2.05) is 25.1 Å². The zero-order valence-electron chi connectivity index (χ0n) is 10.4. The minimum Gasteiger partial charge on any atom is -0.437 e. The van der Waals surface area contributed by atoms with E-state index in [4.69, 9.17) is 4.74 Å². The molecule has 4 nitrogen and oxygen atoms in total. The molecule has 94 valence electrons. The van der Waals surface area contributed by atoms with Crippen molar-refractivity contribution >= 4 is 22.2 Å². The Kier molecular flexibility index (Phi) is 3.52. The molecule has 18 heavy (non-hydrogen) atoms. The van der Waals surface area contributed by atoms with Gasteiger partial charge in [-0.25, -0.2) is 4.68 Å². The van der Waals surface area contributed by atoms with Gasteiger partial charge in [-0.1, -0.05) is 6.07 Å². The summed E-state index contributed by atoms with van der Waals surface area (Å²) >= 11 is 3.44. The zero-order valence-corrected chi connectivity index (χ0v) is 12.0. The summed E-state index contributed by atoms with van der Waals surface area (Å²) in [5, 5.41) is 4.17. The SMILES string of the molecule is Cc1ccc(Oc2c(C=O)c(C)nn2C)c(Br)c1. The average Bonchev–Trinajstić information content (AvgIpc) is 2.57. The van der Waals surface area contributed by atoms with Crippen LogP contribution < -0.4 is 4.74 Å². The van der Waals surface area contributed by atoms with Crippen molar-refractivity contribution in [3.8, 4) is 11.6 Å². The molecule has 0 aliphatic rings. The Hall–Kier alpha value is -1.62. The normalized spacial score (nSPS) is 10.4. The fourth-order valence-corrected chi connectivity index (χ4v) is 2.28. The molecule has 1 aromatic carbocycles. The summed E-state index contributed by atoms with van der Waals surface area (Å²) < 4.78 is 8.17. The summed E-state index contributed by atoms with van der Waals surface area (Å²) in [5.74, 6) is 1.11.